The molecular formula is C25H32FN5OS. The minimum atomic E-state index is -0.284. The minimum Gasteiger partial charge on any atom is -0.372 e. The molecule has 1 amide bonds. The Morgan fingerprint density at radius 2 is 1.67 bits per heavy atom. The Hall–Kier alpha value is -2.87. The van der Waals surface area contributed by atoms with Gasteiger partial charge >= 0.3 is 0 Å². The summed E-state index contributed by atoms with van der Waals surface area (Å²) in [5.74, 6) is 0.744. The molecule has 0 aliphatic carbocycles. The van der Waals surface area contributed by atoms with Crippen molar-refractivity contribution in [1.29, 1.82) is 0 Å². The molecule has 0 aliphatic heterocycles. The van der Waals surface area contributed by atoms with Crippen LogP contribution in [0, 0.1) is 5.82 Å². The largest absolute Gasteiger partial charge is 0.372 e. The lowest BCUT2D eigenvalue weighted by Crippen LogP contribution is -2.31. The highest BCUT2D eigenvalue weighted by molar-refractivity contribution is 7.99. The molecule has 0 bridgehead atoms. The van der Waals surface area contributed by atoms with E-state index in [1.807, 2.05) is 18.4 Å². The molecule has 3 rings (SSSR count). The standard InChI is InChI=1S/C25H32FN5OS/c1-6-30(7-2)22-15-11-20(12-16-22)24-27-28-25(31(24)8-3)33-17-23(32)29(5)18(4)19-9-13-21(26)14-10-19/h9-16,18H,6-8,17H2,1-5H3. The molecule has 1 aromatic heterocycles. The highest BCUT2D eigenvalue weighted by Gasteiger charge is 2.20. The molecule has 0 radical (unpaired) electrons. The number of aromatic nitrogens is 3. The molecule has 8 heteroatoms. The minimum absolute atomic E-state index is 0.0207. The molecule has 1 unspecified atom stereocenters. The van der Waals surface area contributed by atoms with E-state index in [-0.39, 0.29) is 23.5 Å². The van der Waals surface area contributed by atoms with Crippen LogP contribution in [0.1, 0.15) is 39.3 Å². The number of nitrogens with zero attached hydrogens (tertiary/aromatic N) is 5. The van der Waals surface area contributed by atoms with Crippen LogP contribution >= 0.6 is 11.8 Å². The third-order valence-electron chi connectivity index (χ3n) is 5.94. The number of carbonyl (C=O) groups excluding carboxylic acids is 1. The van der Waals surface area contributed by atoms with Crippen molar-refractivity contribution in [3.05, 3.63) is 59.9 Å². The van der Waals surface area contributed by atoms with Crippen molar-refractivity contribution in [1.82, 2.24) is 19.7 Å². The van der Waals surface area contributed by atoms with Gasteiger partial charge in [-0.25, -0.2) is 4.39 Å². The SMILES string of the molecule is CCN(CC)c1ccc(-c2nnc(SCC(=O)N(C)C(C)c3ccc(F)cc3)n2CC)cc1. The molecular weight excluding hydrogens is 437 g/mol. The van der Waals surface area contributed by atoms with E-state index in [4.69, 9.17) is 0 Å². The summed E-state index contributed by atoms with van der Waals surface area (Å²) in [7, 11) is 1.77. The zero-order valence-corrected chi connectivity index (χ0v) is 20.8. The number of benzene rings is 2. The Labute approximate surface area is 199 Å². The summed E-state index contributed by atoms with van der Waals surface area (Å²) in [6.07, 6.45) is 0. The molecule has 33 heavy (non-hydrogen) atoms. The monoisotopic (exact) mass is 469 g/mol. The third-order valence-corrected chi connectivity index (χ3v) is 6.89. The van der Waals surface area contributed by atoms with E-state index in [1.165, 1.54) is 29.6 Å². The first-order valence-electron chi connectivity index (χ1n) is 11.3. The lowest BCUT2D eigenvalue weighted by atomic mass is 10.1. The van der Waals surface area contributed by atoms with E-state index in [9.17, 15) is 9.18 Å². The van der Waals surface area contributed by atoms with E-state index < -0.39 is 0 Å². The van der Waals surface area contributed by atoms with Gasteiger partial charge in [0.2, 0.25) is 5.91 Å². The van der Waals surface area contributed by atoms with Crippen molar-refractivity contribution in [2.24, 2.45) is 0 Å². The Kier molecular flexibility index (Phi) is 8.49. The van der Waals surface area contributed by atoms with Gasteiger partial charge < -0.3 is 14.4 Å². The summed E-state index contributed by atoms with van der Waals surface area (Å²) in [5, 5.41) is 9.47. The number of hydrogen-bond donors (Lipinski definition) is 0. The number of amides is 1. The fraction of sp³-hybridized carbons (Fsp3) is 0.400. The molecule has 0 saturated carbocycles. The van der Waals surface area contributed by atoms with E-state index in [2.05, 4.69) is 53.2 Å². The topological polar surface area (TPSA) is 54.3 Å². The normalized spacial score (nSPS) is 11.9. The van der Waals surface area contributed by atoms with Crippen molar-refractivity contribution < 1.29 is 9.18 Å². The summed E-state index contributed by atoms with van der Waals surface area (Å²) >= 11 is 1.38. The second kappa shape index (κ2) is 11.3. The molecule has 1 atom stereocenters. The van der Waals surface area contributed by atoms with Gasteiger partial charge in [0.05, 0.1) is 11.8 Å². The lowest BCUT2D eigenvalue weighted by Gasteiger charge is -2.25. The van der Waals surface area contributed by atoms with E-state index in [0.717, 1.165) is 35.2 Å². The molecule has 3 aromatic rings. The van der Waals surface area contributed by atoms with Gasteiger partial charge in [0, 0.05) is 37.9 Å². The quantitative estimate of drug-likeness (QED) is 0.379. The number of anilines is 1. The van der Waals surface area contributed by atoms with Gasteiger partial charge in [-0.3, -0.25) is 4.79 Å². The predicted molar refractivity (Wildman–Crippen MR) is 133 cm³/mol. The van der Waals surface area contributed by atoms with Crippen molar-refractivity contribution >= 4 is 23.4 Å². The average Bonchev–Trinajstić information content (AvgIpc) is 3.26. The zero-order chi connectivity index (χ0) is 24.0. The number of rotatable bonds is 10. The highest BCUT2D eigenvalue weighted by Crippen LogP contribution is 2.27. The summed E-state index contributed by atoms with van der Waals surface area (Å²) in [6, 6.07) is 14.5. The van der Waals surface area contributed by atoms with Crippen LogP contribution in [0.15, 0.2) is 53.7 Å². The first kappa shape index (κ1) is 24.8. The lowest BCUT2D eigenvalue weighted by molar-refractivity contribution is -0.128. The summed E-state index contributed by atoms with van der Waals surface area (Å²) < 4.78 is 15.2. The first-order chi connectivity index (χ1) is 15.9. The fourth-order valence-corrected chi connectivity index (χ4v) is 4.64. The van der Waals surface area contributed by atoms with Crippen LogP contribution in [0.2, 0.25) is 0 Å². The summed E-state index contributed by atoms with van der Waals surface area (Å²) in [6.45, 7) is 10.9. The maximum Gasteiger partial charge on any atom is 0.233 e. The van der Waals surface area contributed by atoms with Crippen LogP contribution < -0.4 is 4.90 Å². The molecule has 1 heterocycles. The third kappa shape index (κ3) is 5.74. The van der Waals surface area contributed by atoms with Crippen LogP contribution in [0.5, 0.6) is 0 Å². The maximum atomic E-state index is 13.2. The smallest absolute Gasteiger partial charge is 0.233 e. The molecule has 0 fully saturated rings. The zero-order valence-electron chi connectivity index (χ0n) is 20.0. The maximum absolute atomic E-state index is 13.2. The Morgan fingerprint density at radius 3 is 2.24 bits per heavy atom. The molecule has 0 saturated heterocycles. The van der Waals surface area contributed by atoms with Crippen LogP contribution in [0.4, 0.5) is 10.1 Å². The molecule has 0 N–H and O–H groups in total. The Balaban J connectivity index is 1.68. The van der Waals surface area contributed by atoms with Crippen molar-refractivity contribution in [2.45, 2.75) is 45.4 Å². The van der Waals surface area contributed by atoms with Crippen molar-refractivity contribution in [2.75, 3.05) is 30.8 Å². The fourth-order valence-electron chi connectivity index (χ4n) is 3.71. The van der Waals surface area contributed by atoms with Gasteiger partial charge in [0.1, 0.15) is 5.82 Å². The van der Waals surface area contributed by atoms with Gasteiger partial charge in [0.25, 0.3) is 0 Å². The number of hydrogen-bond acceptors (Lipinski definition) is 5. The molecule has 176 valence electrons. The number of carbonyl (C=O) groups is 1. The van der Waals surface area contributed by atoms with Crippen LogP contribution in [-0.2, 0) is 11.3 Å². The molecule has 6 nitrogen and oxygen atoms in total. The number of thioether (sulfide) groups is 1. The van der Waals surface area contributed by atoms with E-state index in [0.29, 0.717) is 6.54 Å². The molecule has 0 spiro atoms. The van der Waals surface area contributed by atoms with Crippen molar-refractivity contribution in [3.63, 3.8) is 0 Å². The Morgan fingerprint density at radius 1 is 1.03 bits per heavy atom. The second-order valence-electron chi connectivity index (χ2n) is 7.79. The molecule has 2 aromatic carbocycles. The van der Waals surface area contributed by atoms with Crippen LogP contribution in [0.3, 0.4) is 0 Å². The summed E-state index contributed by atoms with van der Waals surface area (Å²) in [5.41, 5.74) is 3.08. The van der Waals surface area contributed by atoms with Gasteiger partial charge in [-0.05, 0) is 69.7 Å². The van der Waals surface area contributed by atoms with E-state index >= 15 is 0 Å². The van der Waals surface area contributed by atoms with Crippen LogP contribution in [-0.4, -0.2) is 51.5 Å². The highest BCUT2D eigenvalue weighted by atomic mass is 32.2. The summed E-state index contributed by atoms with van der Waals surface area (Å²) in [4.78, 5) is 16.8. The predicted octanol–water partition coefficient (Wildman–Crippen LogP) is 5.26. The van der Waals surface area contributed by atoms with Gasteiger partial charge in [0.15, 0.2) is 11.0 Å². The Bertz CT molecular complexity index is 1050. The van der Waals surface area contributed by atoms with Gasteiger partial charge in [-0.15, -0.1) is 10.2 Å². The second-order valence-corrected chi connectivity index (χ2v) is 8.73. The average molecular weight is 470 g/mol. The van der Waals surface area contributed by atoms with Gasteiger partial charge in [-0.1, -0.05) is 23.9 Å². The first-order valence-corrected chi connectivity index (χ1v) is 12.3. The van der Waals surface area contributed by atoms with Crippen molar-refractivity contribution in [3.8, 4) is 11.4 Å². The molecule has 0 aliphatic rings. The van der Waals surface area contributed by atoms with E-state index in [1.54, 1.807) is 24.1 Å². The number of halogens is 1. The van der Waals surface area contributed by atoms with Crippen LogP contribution in [0.25, 0.3) is 11.4 Å². The van der Waals surface area contributed by atoms with Gasteiger partial charge in [-0.2, -0.15) is 0 Å².